The van der Waals surface area contributed by atoms with Gasteiger partial charge in [-0.2, -0.15) is 0 Å². The van der Waals surface area contributed by atoms with Crippen molar-refractivity contribution in [2.45, 2.75) is 23.1 Å². The van der Waals surface area contributed by atoms with E-state index in [0.717, 1.165) is 20.1 Å². The zero-order chi connectivity index (χ0) is 16.2. The molecule has 0 radical (unpaired) electrons. The Labute approximate surface area is 141 Å². The van der Waals surface area contributed by atoms with Crippen LogP contribution >= 0.6 is 23.1 Å². The molecule has 0 fully saturated rings. The van der Waals surface area contributed by atoms with Crippen LogP contribution in [0.2, 0.25) is 0 Å². The van der Waals surface area contributed by atoms with Crippen LogP contribution in [0.4, 0.5) is 4.39 Å². The molecule has 3 rings (SSSR count). The van der Waals surface area contributed by atoms with E-state index in [0.29, 0.717) is 6.54 Å². The summed E-state index contributed by atoms with van der Waals surface area (Å²) in [6.07, 6.45) is 0. The number of thiazole rings is 1. The molecule has 0 aliphatic carbocycles. The van der Waals surface area contributed by atoms with E-state index in [1.165, 1.54) is 23.9 Å². The van der Waals surface area contributed by atoms with Crippen LogP contribution in [0.25, 0.3) is 10.2 Å². The summed E-state index contributed by atoms with van der Waals surface area (Å²) >= 11 is 3.04. The van der Waals surface area contributed by atoms with Gasteiger partial charge in [0.2, 0.25) is 5.91 Å². The third kappa shape index (κ3) is 4.09. The number of halogens is 1. The second-order valence-corrected chi connectivity index (χ2v) is 7.67. The van der Waals surface area contributed by atoms with Gasteiger partial charge in [0.25, 0.3) is 0 Å². The Bertz CT molecular complexity index is 784. The summed E-state index contributed by atoms with van der Waals surface area (Å²) in [5.74, 6) is -0.335. The molecule has 1 aromatic heterocycles. The second kappa shape index (κ2) is 7.10. The summed E-state index contributed by atoms with van der Waals surface area (Å²) < 4.78 is 14.9. The SMILES string of the molecule is CC(Sc1nc2ccccc2s1)C(=O)NCc1ccc(F)cc1. The Morgan fingerprint density at radius 3 is 2.74 bits per heavy atom. The van der Waals surface area contributed by atoms with E-state index in [2.05, 4.69) is 10.3 Å². The van der Waals surface area contributed by atoms with Crippen molar-refractivity contribution in [2.24, 2.45) is 0 Å². The number of benzene rings is 2. The lowest BCUT2D eigenvalue weighted by molar-refractivity contribution is -0.120. The number of amides is 1. The first kappa shape index (κ1) is 16.0. The fourth-order valence-corrected chi connectivity index (χ4v) is 4.28. The van der Waals surface area contributed by atoms with Crippen molar-refractivity contribution in [3.8, 4) is 0 Å². The smallest absolute Gasteiger partial charge is 0.233 e. The van der Waals surface area contributed by atoms with E-state index >= 15 is 0 Å². The normalized spacial score (nSPS) is 12.3. The molecule has 23 heavy (non-hydrogen) atoms. The van der Waals surface area contributed by atoms with E-state index in [-0.39, 0.29) is 17.0 Å². The van der Waals surface area contributed by atoms with E-state index in [1.54, 1.807) is 23.5 Å². The van der Waals surface area contributed by atoms with Crippen molar-refractivity contribution >= 4 is 39.2 Å². The number of para-hydroxylation sites is 1. The molecule has 1 unspecified atom stereocenters. The fraction of sp³-hybridized carbons (Fsp3) is 0.176. The maximum atomic E-state index is 12.8. The van der Waals surface area contributed by atoms with Crippen molar-refractivity contribution in [3.05, 3.63) is 59.9 Å². The molecule has 0 aliphatic rings. The Morgan fingerprint density at radius 1 is 1.26 bits per heavy atom. The first-order valence-corrected chi connectivity index (χ1v) is 8.86. The van der Waals surface area contributed by atoms with E-state index in [1.807, 2.05) is 31.2 Å². The van der Waals surface area contributed by atoms with Crippen LogP contribution in [0, 0.1) is 5.82 Å². The maximum absolute atomic E-state index is 12.8. The number of nitrogens with zero attached hydrogens (tertiary/aromatic N) is 1. The number of nitrogens with one attached hydrogen (secondary N) is 1. The fourth-order valence-electron chi connectivity index (χ4n) is 2.04. The Balaban J connectivity index is 1.57. The van der Waals surface area contributed by atoms with Crippen LogP contribution in [0.3, 0.4) is 0 Å². The minimum absolute atomic E-state index is 0.0569. The molecule has 1 heterocycles. The summed E-state index contributed by atoms with van der Waals surface area (Å²) in [6, 6.07) is 14.0. The van der Waals surface area contributed by atoms with Gasteiger partial charge in [0.05, 0.1) is 15.5 Å². The Morgan fingerprint density at radius 2 is 2.00 bits per heavy atom. The summed E-state index contributed by atoms with van der Waals surface area (Å²) in [7, 11) is 0. The number of carbonyl (C=O) groups is 1. The summed E-state index contributed by atoms with van der Waals surface area (Å²) in [5.41, 5.74) is 1.83. The van der Waals surface area contributed by atoms with Gasteiger partial charge in [0.15, 0.2) is 4.34 Å². The van der Waals surface area contributed by atoms with Gasteiger partial charge in [-0.15, -0.1) is 11.3 Å². The molecule has 118 valence electrons. The van der Waals surface area contributed by atoms with Crippen molar-refractivity contribution in [2.75, 3.05) is 0 Å². The molecule has 0 saturated carbocycles. The van der Waals surface area contributed by atoms with Gasteiger partial charge in [-0.3, -0.25) is 4.79 Å². The topological polar surface area (TPSA) is 42.0 Å². The first-order chi connectivity index (χ1) is 11.1. The number of carbonyl (C=O) groups excluding carboxylic acids is 1. The van der Waals surface area contributed by atoms with Gasteiger partial charge in [-0.1, -0.05) is 36.0 Å². The van der Waals surface area contributed by atoms with Crippen LogP contribution in [0.5, 0.6) is 0 Å². The molecular formula is C17H15FN2OS2. The number of thioether (sulfide) groups is 1. The van der Waals surface area contributed by atoms with Gasteiger partial charge >= 0.3 is 0 Å². The molecule has 3 nitrogen and oxygen atoms in total. The molecule has 3 aromatic rings. The molecule has 1 amide bonds. The number of aromatic nitrogens is 1. The predicted molar refractivity (Wildman–Crippen MR) is 93.2 cm³/mol. The molecule has 0 spiro atoms. The molecule has 1 atom stereocenters. The molecule has 6 heteroatoms. The average molecular weight is 346 g/mol. The number of hydrogen-bond acceptors (Lipinski definition) is 4. The number of rotatable bonds is 5. The zero-order valence-corrected chi connectivity index (χ0v) is 14.1. The molecule has 0 bridgehead atoms. The second-order valence-electron chi connectivity index (χ2n) is 5.05. The third-order valence-corrected chi connectivity index (χ3v) is 5.53. The predicted octanol–water partition coefficient (Wildman–Crippen LogP) is 4.23. The molecule has 1 N–H and O–H groups in total. The van der Waals surface area contributed by atoms with E-state index in [4.69, 9.17) is 0 Å². The van der Waals surface area contributed by atoms with Crippen molar-refractivity contribution in [1.29, 1.82) is 0 Å². The number of hydrogen-bond donors (Lipinski definition) is 1. The highest BCUT2D eigenvalue weighted by Gasteiger charge is 2.16. The highest BCUT2D eigenvalue weighted by molar-refractivity contribution is 8.02. The Kier molecular flexibility index (Phi) is 4.93. The maximum Gasteiger partial charge on any atom is 0.233 e. The zero-order valence-electron chi connectivity index (χ0n) is 12.5. The molecular weight excluding hydrogens is 331 g/mol. The van der Waals surface area contributed by atoms with Gasteiger partial charge in [0, 0.05) is 6.54 Å². The highest BCUT2D eigenvalue weighted by atomic mass is 32.2. The monoisotopic (exact) mass is 346 g/mol. The van der Waals surface area contributed by atoms with Gasteiger partial charge in [-0.25, -0.2) is 9.37 Å². The lowest BCUT2D eigenvalue weighted by Gasteiger charge is -2.10. The average Bonchev–Trinajstić information content (AvgIpc) is 2.96. The Hall–Kier alpha value is -1.92. The van der Waals surface area contributed by atoms with Crippen LogP contribution in [0.1, 0.15) is 12.5 Å². The van der Waals surface area contributed by atoms with Crippen molar-refractivity contribution in [3.63, 3.8) is 0 Å². The van der Waals surface area contributed by atoms with Crippen LogP contribution in [0.15, 0.2) is 52.9 Å². The van der Waals surface area contributed by atoms with Crippen molar-refractivity contribution < 1.29 is 9.18 Å². The van der Waals surface area contributed by atoms with E-state index < -0.39 is 0 Å². The largest absolute Gasteiger partial charge is 0.351 e. The molecule has 0 aliphatic heterocycles. The van der Waals surface area contributed by atoms with E-state index in [9.17, 15) is 9.18 Å². The lowest BCUT2D eigenvalue weighted by Crippen LogP contribution is -2.30. The minimum atomic E-state index is -0.278. The summed E-state index contributed by atoms with van der Waals surface area (Å²) in [4.78, 5) is 16.7. The number of fused-ring (bicyclic) bond motifs is 1. The van der Waals surface area contributed by atoms with Gasteiger partial charge in [0.1, 0.15) is 5.82 Å². The standard InChI is InChI=1S/C17H15FN2OS2/c1-11(16(21)19-10-12-6-8-13(18)9-7-12)22-17-20-14-4-2-3-5-15(14)23-17/h2-9,11H,10H2,1H3,(H,19,21). The van der Waals surface area contributed by atoms with Crippen LogP contribution in [-0.2, 0) is 11.3 Å². The van der Waals surface area contributed by atoms with Gasteiger partial charge in [-0.05, 0) is 36.8 Å². The molecule has 2 aromatic carbocycles. The minimum Gasteiger partial charge on any atom is -0.351 e. The highest BCUT2D eigenvalue weighted by Crippen LogP contribution is 2.31. The third-order valence-electron chi connectivity index (χ3n) is 3.30. The van der Waals surface area contributed by atoms with Crippen LogP contribution in [-0.4, -0.2) is 16.1 Å². The summed E-state index contributed by atoms with van der Waals surface area (Å²) in [5, 5.41) is 2.63. The van der Waals surface area contributed by atoms with Crippen LogP contribution < -0.4 is 5.32 Å². The quantitative estimate of drug-likeness (QED) is 0.703. The first-order valence-electron chi connectivity index (χ1n) is 7.16. The van der Waals surface area contributed by atoms with Gasteiger partial charge < -0.3 is 5.32 Å². The van der Waals surface area contributed by atoms with Crippen molar-refractivity contribution in [1.82, 2.24) is 10.3 Å². The molecule has 0 saturated heterocycles. The summed E-state index contributed by atoms with van der Waals surface area (Å²) in [6.45, 7) is 2.25. The lowest BCUT2D eigenvalue weighted by atomic mass is 10.2.